The van der Waals surface area contributed by atoms with Gasteiger partial charge in [-0.25, -0.2) is 0 Å². The van der Waals surface area contributed by atoms with Crippen LogP contribution in [0.4, 0.5) is 0 Å². The zero-order chi connectivity index (χ0) is 26.6. The molecule has 206 valence electrons. The lowest BCUT2D eigenvalue weighted by molar-refractivity contribution is -0.909. The van der Waals surface area contributed by atoms with Crippen LogP contribution in [-0.2, 0) is 28.8 Å². The Morgan fingerprint density at radius 1 is 0.971 bits per heavy atom. The van der Waals surface area contributed by atoms with E-state index in [0.717, 1.165) is 30.1 Å². The van der Waals surface area contributed by atoms with Gasteiger partial charge in [-0.2, -0.15) is 8.42 Å². The van der Waals surface area contributed by atoms with Gasteiger partial charge in [-0.3, -0.25) is 4.79 Å². The van der Waals surface area contributed by atoms with Crippen LogP contribution in [0.15, 0.2) is 16.2 Å². The molecule has 0 radical (unpaired) electrons. The SMILES string of the molecule is CC1=CC([O-])=NS(=O)(=O)O1.CCCCCCCCCCCCCCOC[N+](C)(C)CCOC(C)=O. The third-order valence-corrected chi connectivity index (χ3v) is 6.23. The third kappa shape index (κ3) is 22.6. The number of esters is 1. The van der Waals surface area contributed by atoms with Gasteiger partial charge in [-0.05, 0) is 19.4 Å². The Morgan fingerprint density at radius 3 is 1.94 bits per heavy atom. The van der Waals surface area contributed by atoms with Crippen molar-refractivity contribution in [3.63, 3.8) is 0 Å². The first kappa shape index (κ1) is 33.4. The number of rotatable bonds is 18. The molecule has 1 aliphatic rings. The fraction of sp³-hybridized carbons (Fsp3) is 0.840. The van der Waals surface area contributed by atoms with Crippen LogP contribution in [0, 0.1) is 0 Å². The summed E-state index contributed by atoms with van der Waals surface area (Å²) in [7, 11) is 0.232. The maximum atomic E-state index is 10.8. The Hall–Kier alpha value is -1.65. The lowest BCUT2D eigenvalue weighted by atomic mass is 10.1. The van der Waals surface area contributed by atoms with Crippen molar-refractivity contribution in [3.05, 3.63) is 11.8 Å². The first-order valence-corrected chi connectivity index (χ1v) is 14.3. The van der Waals surface area contributed by atoms with Crippen LogP contribution in [0.1, 0.15) is 97.8 Å². The van der Waals surface area contributed by atoms with Crippen LogP contribution < -0.4 is 5.11 Å². The molecule has 0 amide bonds. The molecular formula is C25H48N2O7S. The molecule has 0 saturated heterocycles. The standard InChI is InChI=1S/C21H44NO3.C4H5NO4S/c1-5-6-7-8-9-10-11-12-13-14-15-16-18-24-20-22(3,4)17-19-25-21(2)23;1-3-2-4(6)5-10(7,8)9-3/h5-20H2,1-4H3;2H,1H3,(H,5,6)/q+1;/p-1. The van der Waals surface area contributed by atoms with E-state index in [1.54, 1.807) is 0 Å². The van der Waals surface area contributed by atoms with Gasteiger partial charge in [-0.15, -0.1) is 4.40 Å². The minimum atomic E-state index is -3.97. The molecule has 0 aliphatic carbocycles. The molecule has 0 unspecified atom stereocenters. The van der Waals surface area contributed by atoms with Crippen molar-refractivity contribution in [3.8, 4) is 0 Å². The van der Waals surface area contributed by atoms with Crippen LogP contribution in [0.3, 0.4) is 0 Å². The van der Waals surface area contributed by atoms with Crippen molar-refractivity contribution >= 4 is 22.2 Å². The van der Waals surface area contributed by atoms with Crippen molar-refractivity contribution in [2.45, 2.75) is 97.8 Å². The van der Waals surface area contributed by atoms with Gasteiger partial charge in [0, 0.05) is 12.8 Å². The summed E-state index contributed by atoms with van der Waals surface area (Å²) >= 11 is 0. The highest BCUT2D eigenvalue weighted by molar-refractivity contribution is 7.85. The average molecular weight is 521 g/mol. The van der Waals surface area contributed by atoms with E-state index >= 15 is 0 Å². The number of unbranched alkanes of at least 4 members (excludes halogenated alkanes) is 11. The summed E-state index contributed by atoms with van der Waals surface area (Å²) in [4.78, 5) is 10.8. The monoisotopic (exact) mass is 520 g/mol. The Kier molecular flexibility index (Phi) is 18.6. The Bertz CT molecular complexity index is 734. The van der Waals surface area contributed by atoms with E-state index in [-0.39, 0.29) is 11.7 Å². The molecule has 0 atom stereocenters. The summed E-state index contributed by atoms with van der Waals surface area (Å²) in [5, 5.41) is 10.4. The van der Waals surface area contributed by atoms with Gasteiger partial charge < -0.3 is 23.2 Å². The van der Waals surface area contributed by atoms with E-state index in [9.17, 15) is 18.3 Å². The maximum absolute atomic E-state index is 10.8. The number of hydrogen-bond donors (Lipinski definition) is 0. The van der Waals surface area contributed by atoms with Gasteiger partial charge in [0.2, 0.25) is 0 Å². The lowest BCUT2D eigenvalue weighted by Crippen LogP contribution is -2.44. The summed E-state index contributed by atoms with van der Waals surface area (Å²) in [6.45, 7) is 7.86. The zero-order valence-electron chi connectivity index (χ0n) is 22.6. The number of allylic oxidation sites excluding steroid dienone is 1. The number of likely N-dealkylation sites (N-methyl/N-ethyl adjacent to an activating group) is 1. The maximum Gasteiger partial charge on any atom is 0.427 e. The summed E-state index contributed by atoms with van der Waals surface area (Å²) in [5.41, 5.74) is 0. The van der Waals surface area contributed by atoms with E-state index in [4.69, 9.17) is 9.47 Å². The lowest BCUT2D eigenvalue weighted by Gasteiger charge is -2.28. The van der Waals surface area contributed by atoms with Crippen molar-refractivity contribution in [2.75, 3.05) is 40.6 Å². The normalized spacial score (nSPS) is 14.8. The number of ether oxygens (including phenoxy) is 2. The van der Waals surface area contributed by atoms with Crippen molar-refractivity contribution < 1.29 is 36.5 Å². The van der Waals surface area contributed by atoms with Gasteiger partial charge in [0.15, 0.2) is 6.73 Å². The largest absolute Gasteiger partial charge is 0.858 e. The molecule has 0 aromatic carbocycles. The summed E-state index contributed by atoms with van der Waals surface area (Å²) < 4.78 is 39.2. The van der Waals surface area contributed by atoms with E-state index < -0.39 is 16.2 Å². The predicted molar refractivity (Wildman–Crippen MR) is 137 cm³/mol. The molecule has 0 spiro atoms. The highest BCUT2D eigenvalue weighted by Gasteiger charge is 2.15. The summed E-state index contributed by atoms with van der Waals surface area (Å²) in [6, 6.07) is 0. The number of hydrogen-bond acceptors (Lipinski definition) is 7. The molecule has 0 fully saturated rings. The van der Waals surface area contributed by atoms with Crippen LogP contribution in [-0.4, -0.2) is 65.4 Å². The molecular weight excluding hydrogens is 472 g/mol. The van der Waals surface area contributed by atoms with Gasteiger partial charge >= 0.3 is 16.3 Å². The van der Waals surface area contributed by atoms with Gasteiger partial charge in [0.1, 0.15) is 18.9 Å². The Labute approximate surface area is 213 Å². The Morgan fingerprint density at radius 2 is 1.49 bits per heavy atom. The van der Waals surface area contributed by atoms with E-state index in [1.165, 1.54) is 84.5 Å². The number of quaternary nitrogens is 1. The van der Waals surface area contributed by atoms with Crippen molar-refractivity contribution in [1.29, 1.82) is 0 Å². The highest BCUT2D eigenvalue weighted by atomic mass is 32.2. The highest BCUT2D eigenvalue weighted by Crippen LogP contribution is 2.12. The summed E-state index contributed by atoms with van der Waals surface area (Å²) in [5.74, 6) is -0.971. The predicted octanol–water partition coefficient (Wildman–Crippen LogP) is 4.23. The minimum Gasteiger partial charge on any atom is -0.858 e. The van der Waals surface area contributed by atoms with Gasteiger partial charge in [-0.1, -0.05) is 77.6 Å². The smallest absolute Gasteiger partial charge is 0.427 e. The van der Waals surface area contributed by atoms with Crippen molar-refractivity contribution in [2.24, 2.45) is 4.40 Å². The van der Waals surface area contributed by atoms with Crippen molar-refractivity contribution in [1.82, 2.24) is 0 Å². The molecule has 9 nitrogen and oxygen atoms in total. The molecule has 35 heavy (non-hydrogen) atoms. The fourth-order valence-electron chi connectivity index (χ4n) is 3.38. The van der Waals surface area contributed by atoms with Gasteiger partial charge in [0.25, 0.3) is 0 Å². The first-order valence-electron chi connectivity index (χ1n) is 12.9. The second-order valence-electron chi connectivity index (χ2n) is 9.62. The minimum absolute atomic E-state index is 0.0417. The molecule has 1 rings (SSSR count). The first-order chi connectivity index (χ1) is 16.5. The molecule has 0 aromatic rings. The number of nitrogens with zero attached hydrogens (tertiary/aromatic N) is 2. The van der Waals surface area contributed by atoms with E-state index in [0.29, 0.717) is 13.3 Å². The molecule has 1 aliphatic heterocycles. The van der Waals surface area contributed by atoms with E-state index in [2.05, 4.69) is 29.6 Å². The zero-order valence-corrected chi connectivity index (χ0v) is 23.4. The fourth-order valence-corrected chi connectivity index (χ4v) is 4.07. The topological polar surface area (TPSA) is 114 Å². The Balaban J connectivity index is 0.000000952. The van der Waals surface area contributed by atoms with E-state index in [1.807, 2.05) is 0 Å². The molecule has 1 heterocycles. The molecule has 0 saturated carbocycles. The molecule has 10 heteroatoms. The number of carbonyl (C=O) groups is 1. The second-order valence-corrected chi connectivity index (χ2v) is 10.8. The average Bonchev–Trinajstić information content (AvgIpc) is 2.72. The van der Waals surface area contributed by atoms with Crippen LogP contribution in [0.2, 0.25) is 0 Å². The van der Waals surface area contributed by atoms with Crippen LogP contribution in [0.5, 0.6) is 0 Å². The van der Waals surface area contributed by atoms with Crippen LogP contribution in [0.25, 0.3) is 0 Å². The number of carbonyl (C=O) groups excluding carboxylic acids is 1. The van der Waals surface area contributed by atoms with Gasteiger partial charge in [0.05, 0.1) is 20.7 Å². The molecule has 0 N–H and O–H groups in total. The second kappa shape index (κ2) is 19.5. The molecule has 0 bridgehead atoms. The summed E-state index contributed by atoms with van der Waals surface area (Å²) in [6.07, 6.45) is 17.4. The molecule has 0 aromatic heterocycles. The van der Waals surface area contributed by atoms with Crippen LogP contribution >= 0.6 is 0 Å². The quantitative estimate of drug-likeness (QED) is 0.115. The third-order valence-electron chi connectivity index (χ3n) is 5.35.